The van der Waals surface area contributed by atoms with E-state index in [2.05, 4.69) is 35.5 Å². The van der Waals surface area contributed by atoms with Crippen molar-refractivity contribution in [2.24, 2.45) is 0 Å². The van der Waals surface area contributed by atoms with Crippen molar-refractivity contribution < 1.29 is 9.26 Å². The smallest absolute Gasteiger partial charge is 0.239 e. The van der Waals surface area contributed by atoms with Crippen LogP contribution >= 0.6 is 23.4 Å². The van der Waals surface area contributed by atoms with E-state index in [9.17, 15) is 0 Å². The van der Waals surface area contributed by atoms with Crippen molar-refractivity contribution in [1.29, 1.82) is 0 Å². The first-order valence-corrected chi connectivity index (χ1v) is 9.71. The molecule has 0 N–H and O–H groups in total. The zero-order chi connectivity index (χ0) is 18.9. The Hall–Kier alpha value is -1.57. The Morgan fingerprint density at radius 2 is 2.08 bits per heavy atom. The van der Waals surface area contributed by atoms with Crippen molar-refractivity contribution in [3.8, 4) is 0 Å². The molecule has 3 aromatic rings. The molecule has 8 heteroatoms. The van der Waals surface area contributed by atoms with E-state index >= 15 is 0 Å². The summed E-state index contributed by atoms with van der Waals surface area (Å²) in [7, 11) is 1.69. The molecule has 0 saturated carbocycles. The van der Waals surface area contributed by atoms with Gasteiger partial charge in [0.1, 0.15) is 0 Å². The van der Waals surface area contributed by atoms with E-state index in [1.807, 2.05) is 25.1 Å². The number of fused-ring (bicyclic) bond motifs is 1. The average Bonchev–Trinajstić information content (AvgIpc) is 3.17. The van der Waals surface area contributed by atoms with Gasteiger partial charge >= 0.3 is 0 Å². The fraction of sp³-hybridized carbons (Fsp3) is 0.500. The first kappa shape index (κ1) is 19.2. The van der Waals surface area contributed by atoms with Crippen LogP contribution in [-0.4, -0.2) is 33.4 Å². The lowest BCUT2D eigenvalue weighted by molar-refractivity contribution is 0.186. The third-order valence-electron chi connectivity index (χ3n) is 3.94. The van der Waals surface area contributed by atoms with Crippen LogP contribution in [0, 0.1) is 0 Å². The maximum Gasteiger partial charge on any atom is 0.239 e. The molecule has 0 aliphatic carbocycles. The van der Waals surface area contributed by atoms with Gasteiger partial charge in [0.25, 0.3) is 0 Å². The predicted octanol–water partition coefficient (Wildman–Crippen LogP) is 4.87. The van der Waals surface area contributed by atoms with Gasteiger partial charge in [-0.05, 0) is 25.1 Å². The van der Waals surface area contributed by atoms with Gasteiger partial charge in [-0.1, -0.05) is 49.3 Å². The van der Waals surface area contributed by atoms with Gasteiger partial charge in [-0.2, -0.15) is 4.98 Å². The first-order valence-electron chi connectivity index (χ1n) is 8.45. The second-order valence-electron chi connectivity index (χ2n) is 7.14. The molecule has 0 bridgehead atoms. The lowest BCUT2D eigenvalue weighted by atomic mass is 9.96. The predicted molar refractivity (Wildman–Crippen MR) is 104 cm³/mol. The highest BCUT2D eigenvalue weighted by Gasteiger charge is 2.25. The molecule has 0 amide bonds. The van der Waals surface area contributed by atoms with Crippen LogP contribution in [0.3, 0.4) is 0 Å². The third-order valence-corrected chi connectivity index (χ3v) is 5.25. The van der Waals surface area contributed by atoms with E-state index in [0.29, 0.717) is 29.9 Å². The van der Waals surface area contributed by atoms with Crippen molar-refractivity contribution in [2.75, 3.05) is 13.7 Å². The summed E-state index contributed by atoms with van der Waals surface area (Å²) in [5.74, 6) is 1.31. The number of hydrogen-bond donors (Lipinski definition) is 0. The Morgan fingerprint density at radius 3 is 2.73 bits per heavy atom. The highest BCUT2D eigenvalue weighted by atomic mass is 35.5. The Labute approximate surface area is 162 Å². The van der Waals surface area contributed by atoms with Crippen molar-refractivity contribution in [2.45, 2.75) is 50.1 Å². The van der Waals surface area contributed by atoms with Crippen LogP contribution < -0.4 is 0 Å². The molecule has 26 heavy (non-hydrogen) atoms. The standard InChI is InChI=1S/C18H23ClN4O2S/c1-11(15-21-16(22-25-15)18(2,3)4)26-17-20-13-10-12(19)6-7-14(13)23(17)8-9-24-5/h6-7,10-11H,8-9H2,1-5H3. The molecular formula is C18H23ClN4O2S. The van der Waals surface area contributed by atoms with E-state index in [1.54, 1.807) is 18.9 Å². The maximum atomic E-state index is 6.12. The summed E-state index contributed by atoms with van der Waals surface area (Å²) >= 11 is 7.70. The zero-order valence-electron chi connectivity index (χ0n) is 15.6. The average molecular weight is 395 g/mol. The van der Waals surface area contributed by atoms with Crippen molar-refractivity contribution in [3.63, 3.8) is 0 Å². The number of nitrogens with zero attached hydrogens (tertiary/aromatic N) is 4. The fourth-order valence-electron chi connectivity index (χ4n) is 2.48. The quantitative estimate of drug-likeness (QED) is 0.555. The summed E-state index contributed by atoms with van der Waals surface area (Å²) in [6.07, 6.45) is 0. The van der Waals surface area contributed by atoms with E-state index in [1.165, 1.54) is 0 Å². The van der Waals surface area contributed by atoms with Crippen molar-refractivity contribution in [3.05, 3.63) is 34.9 Å². The first-order chi connectivity index (χ1) is 12.3. The second kappa shape index (κ2) is 7.58. The van der Waals surface area contributed by atoms with Crippen LogP contribution in [0.1, 0.15) is 44.7 Å². The summed E-state index contributed by atoms with van der Waals surface area (Å²) < 4.78 is 12.9. The van der Waals surface area contributed by atoms with Gasteiger partial charge in [0, 0.05) is 24.1 Å². The van der Waals surface area contributed by atoms with Crippen LogP contribution in [0.2, 0.25) is 5.02 Å². The third kappa shape index (κ3) is 4.05. The highest BCUT2D eigenvalue weighted by Crippen LogP contribution is 2.36. The largest absolute Gasteiger partial charge is 0.383 e. The lowest BCUT2D eigenvalue weighted by Crippen LogP contribution is -2.13. The van der Waals surface area contributed by atoms with Crippen LogP contribution in [-0.2, 0) is 16.7 Å². The molecule has 0 aliphatic heterocycles. The normalized spacial score (nSPS) is 13.5. The SMILES string of the molecule is COCCn1c(SC(C)c2nc(C(C)(C)C)no2)nc2cc(Cl)ccc21. The number of rotatable bonds is 6. The number of benzene rings is 1. The molecule has 0 radical (unpaired) electrons. The molecule has 1 atom stereocenters. The molecule has 3 rings (SSSR count). The number of imidazole rings is 1. The molecule has 140 valence electrons. The number of aromatic nitrogens is 4. The van der Waals surface area contributed by atoms with Crippen LogP contribution in [0.5, 0.6) is 0 Å². The molecule has 0 fully saturated rings. The summed E-state index contributed by atoms with van der Waals surface area (Å²) in [6.45, 7) is 9.54. The zero-order valence-corrected chi connectivity index (χ0v) is 17.2. The highest BCUT2D eigenvalue weighted by molar-refractivity contribution is 7.99. The summed E-state index contributed by atoms with van der Waals surface area (Å²) in [5, 5.41) is 5.64. The van der Waals surface area contributed by atoms with Gasteiger partial charge < -0.3 is 13.8 Å². The van der Waals surface area contributed by atoms with Crippen LogP contribution in [0.15, 0.2) is 27.9 Å². The molecule has 0 saturated heterocycles. The summed E-state index contributed by atoms with van der Waals surface area (Å²) in [4.78, 5) is 9.30. The fourth-order valence-corrected chi connectivity index (χ4v) is 3.63. The Bertz CT molecular complexity index is 900. The van der Waals surface area contributed by atoms with Gasteiger partial charge in [-0.25, -0.2) is 4.98 Å². The molecule has 2 aromatic heterocycles. The number of thioether (sulfide) groups is 1. The number of ether oxygens (including phenoxy) is 1. The van der Waals surface area contributed by atoms with Gasteiger partial charge in [0.05, 0.1) is 22.9 Å². The van der Waals surface area contributed by atoms with E-state index in [0.717, 1.165) is 16.2 Å². The number of hydrogen-bond acceptors (Lipinski definition) is 6. The lowest BCUT2D eigenvalue weighted by Gasteiger charge is -2.12. The Morgan fingerprint density at radius 1 is 1.31 bits per heavy atom. The summed E-state index contributed by atoms with van der Waals surface area (Å²) in [6, 6.07) is 5.74. The van der Waals surface area contributed by atoms with Gasteiger partial charge in [0.2, 0.25) is 5.89 Å². The molecule has 2 heterocycles. The minimum absolute atomic E-state index is 0.0211. The summed E-state index contributed by atoms with van der Waals surface area (Å²) in [5.41, 5.74) is 1.75. The topological polar surface area (TPSA) is 66.0 Å². The van der Waals surface area contributed by atoms with E-state index < -0.39 is 0 Å². The molecule has 0 spiro atoms. The number of methoxy groups -OCH3 is 1. The van der Waals surface area contributed by atoms with Crippen LogP contribution in [0.4, 0.5) is 0 Å². The Kier molecular flexibility index (Phi) is 5.60. The minimum atomic E-state index is -0.144. The molecule has 6 nitrogen and oxygen atoms in total. The van der Waals surface area contributed by atoms with Gasteiger partial charge in [-0.3, -0.25) is 0 Å². The molecular weight excluding hydrogens is 372 g/mol. The Balaban J connectivity index is 1.90. The maximum absolute atomic E-state index is 6.12. The van der Waals surface area contributed by atoms with Crippen molar-refractivity contribution >= 4 is 34.4 Å². The molecule has 1 aromatic carbocycles. The van der Waals surface area contributed by atoms with Gasteiger partial charge in [-0.15, -0.1) is 0 Å². The van der Waals surface area contributed by atoms with Crippen molar-refractivity contribution in [1.82, 2.24) is 19.7 Å². The molecule has 0 aliphatic rings. The second-order valence-corrected chi connectivity index (χ2v) is 8.88. The van der Waals surface area contributed by atoms with Crippen LogP contribution in [0.25, 0.3) is 11.0 Å². The van der Waals surface area contributed by atoms with E-state index in [-0.39, 0.29) is 10.7 Å². The monoisotopic (exact) mass is 394 g/mol. The minimum Gasteiger partial charge on any atom is -0.383 e. The number of halogens is 1. The van der Waals surface area contributed by atoms with Gasteiger partial charge in [0.15, 0.2) is 11.0 Å². The van der Waals surface area contributed by atoms with E-state index in [4.69, 9.17) is 25.8 Å². The molecule has 1 unspecified atom stereocenters.